The molecule has 1 amide bonds. The van der Waals surface area contributed by atoms with Crippen LogP contribution in [-0.4, -0.2) is 56.4 Å². The van der Waals surface area contributed by atoms with Crippen LogP contribution < -0.4 is 0 Å². The van der Waals surface area contributed by atoms with Gasteiger partial charge in [0.2, 0.25) is 0 Å². The highest BCUT2D eigenvalue weighted by Crippen LogP contribution is 2.09. The zero-order valence-electron chi connectivity index (χ0n) is 9.91. The molecular weight excluding hydrogens is 214 g/mol. The fraction of sp³-hybridized carbons (Fsp3) is 0.800. The van der Waals surface area contributed by atoms with E-state index in [1.165, 1.54) is 4.90 Å². The van der Waals surface area contributed by atoms with Gasteiger partial charge in [0.25, 0.3) is 5.91 Å². The molecule has 6 nitrogen and oxygen atoms in total. The number of rotatable bonds is 5. The molecule has 0 heterocycles. The Kier molecular flexibility index (Phi) is 5.40. The van der Waals surface area contributed by atoms with Gasteiger partial charge < -0.3 is 20.2 Å². The van der Waals surface area contributed by atoms with Crippen LogP contribution in [0, 0.1) is 0 Å². The van der Waals surface area contributed by atoms with Crippen molar-refractivity contribution in [2.75, 3.05) is 0 Å². The van der Waals surface area contributed by atoms with Gasteiger partial charge in [-0.3, -0.25) is 4.79 Å². The predicted octanol–water partition coefficient (Wildman–Crippen LogP) is -0.562. The summed E-state index contributed by atoms with van der Waals surface area (Å²) in [4.78, 5) is 23.5. The van der Waals surface area contributed by atoms with Gasteiger partial charge in [0.15, 0.2) is 12.2 Å². The van der Waals surface area contributed by atoms with Gasteiger partial charge >= 0.3 is 5.97 Å². The number of hydrogen-bond donors (Lipinski definition) is 3. The molecule has 2 unspecified atom stereocenters. The van der Waals surface area contributed by atoms with E-state index in [1.54, 1.807) is 27.7 Å². The van der Waals surface area contributed by atoms with Crippen molar-refractivity contribution >= 4 is 11.9 Å². The van der Waals surface area contributed by atoms with Crippen LogP contribution in [0.15, 0.2) is 0 Å². The molecule has 0 saturated carbocycles. The van der Waals surface area contributed by atoms with E-state index in [-0.39, 0.29) is 12.1 Å². The number of carboxylic acid groups (broad SMARTS) is 1. The van der Waals surface area contributed by atoms with Crippen LogP contribution in [0.2, 0.25) is 0 Å². The quantitative estimate of drug-likeness (QED) is 0.591. The largest absolute Gasteiger partial charge is 0.479 e. The number of hydrogen-bond acceptors (Lipinski definition) is 4. The third-order valence-electron chi connectivity index (χ3n) is 2.17. The number of carboxylic acids is 1. The molecule has 0 saturated heterocycles. The van der Waals surface area contributed by atoms with Crippen LogP contribution in [0.3, 0.4) is 0 Å². The zero-order valence-corrected chi connectivity index (χ0v) is 9.91. The highest BCUT2D eigenvalue weighted by Gasteiger charge is 2.35. The molecule has 94 valence electrons. The Hall–Kier alpha value is -1.14. The number of aliphatic hydroxyl groups excluding tert-OH is 2. The summed E-state index contributed by atoms with van der Waals surface area (Å²) in [5, 5.41) is 27.0. The van der Waals surface area contributed by atoms with Crippen molar-refractivity contribution in [2.24, 2.45) is 0 Å². The summed E-state index contributed by atoms with van der Waals surface area (Å²) in [6.45, 7) is 6.99. The van der Waals surface area contributed by atoms with Gasteiger partial charge in [-0.1, -0.05) is 0 Å². The summed E-state index contributed by atoms with van der Waals surface area (Å²) in [5.74, 6) is -2.40. The van der Waals surface area contributed by atoms with Gasteiger partial charge in [0.1, 0.15) is 0 Å². The van der Waals surface area contributed by atoms with Gasteiger partial charge in [-0.15, -0.1) is 0 Å². The minimum atomic E-state index is -2.09. The second kappa shape index (κ2) is 5.81. The SMILES string of the molecule is CC(C)N(C(=O)C(O)C(O)C(=O)O)C(C)C. The standard InChI is InChI=1S/C10H19NO5/c1-5(2)11(6(3)4)9(14)7(12)8(13)10(15)16/h5-8,12-13H,1-4H3,(H,15,16). The molecule has 0 aromatic rings. The maximum Gasteiger partial charge on any atom is 0.335 e. The monoisotopic (exact) mass is 233 g/mol. The normalized spacial score (nSPS) is 15.0. The zero-order chi connectivity index (χ0) is 13.0. The molecule has 0 aromatic heterocycles. The Morgan fingerprint density at radius 3 is 1.56 bits per heavy atom. The van der Waals surface area contributed by atoms with Crippen molar-refractivity contribution in [2.45, 2.75) is 52.0 Å². The molecule has 0 aromatic carbocycles. The highest BCUT2D eigenvalue weighted by molar-refractivity contribution is 5.88. The van der Waals surface area contributed by atoms with Crippen molar-refractivity contribution in [1.82, 2.24) is 4.90 Å². The van der Waals surface area contributed by atoms with Gasteiger partial charge in [-0.05, 0) is 27.7 Å². The third kappa shape index (κ3) is 3.46. The van der Waals surface area contributed by atoms with Crippen molar-refractivity contribution < 1.29 is 24.9 Å². The molecule has 16 heavy (non-hydrogen) atoms. The average Bonchev–Trinajstić information content (AvgIpc) is 2.13. The van der Waals surface area contributed by atoms with E-state index in [1.807, 2.05) is 0 Å². The van der Waals surface area contributed by atoms with Crippen molar-refractivity contribution in [3.63, 3.8) is 0 Å². The van der Waals surface area contributed by atoms with Gasteiger partial charge in [-0.2, -0.15) is 0 Å². The number of aliphatic hydroxyl groups is 2. The number of carbonyl (C=O) groups is 2. The number of amides is 1. The van der Waals surface area contributed by atoms with Crippen LogP contribution in [0.5, 0.6) is 0 Å². The lowest BCUT2D eigenvalue weighted by Crippen LogP contribution is -2.52. The van der Waals surface area contributed by atoms with E-state index in [9.17, 15) is 14.7 Å². The summed E-state index contributed by atoms with van der Waals surface area (Å²) in [6, 6.07) is -0.355. The van der Waals surface area contributed by atoms with E-state index in [0.717, 1.165) is 0 Å². The minimum Gasteiger partial charge on any atom is -0.479 e. The Morgan fingerprint density at radius 2 is 1.31 bits per heavy atom. The van der Waals surface area contributed by atoms with Crippen molar-refractivity contribution in [3.8, 4) is 0 Å². The maximum absolute atomic E-state index is 11.7. The van der Waals surface area contributed by atoms with Crippen LogP contribution in [0.1, 0.15) is 27.7 Å². The predicted molar refractivity (Wildman–Crippen MR) is 56.8 cm³/mol. The fourth-order valence-electron chi connectivity index (χ4n) is 1.53. The lowest BCUT2D eigenvalue weighted by atomic mass is 10.1. The first-order chi connectivity index (χ1) is 7.20. The number of carbonyl (C=O) groups excluding carboxylic acids is 1. The summed E-state index contributed by atoms with van der Waals surface area (Å²) in [7, 11) is 0. The molecule has 0 aliphatic heterocycles. The molecular formula is C10H19NO5. The first kappa shape index (κ1) is 14.9. The molecule has 0 spiro atoms. The molecule has 6 heteroatoms. The third-order valence-corrected chi connectivity index (χ3v) is 2.17. The topological polar surface area (TPSA) is 98.1 Å². The summed E-state index contributed by atoms with van der Waals surface area (Å²) >= 11 is 0. The maximum atomic E-state index is 11.7. The lowest BCUT2D eigenvalue weighted by Gasteiger charge is -2.33. The van der Waals surface area contributed by atoms with Gasteiger partial charge in [0, 0.05) is 12.1 Å². The molecule has 0 fully saturated rings. The fourth-order valence-corrected chi connectivity index (χ4v) is 1.53. The summed E-state index contributed by atoms with van der Waals surface area (Å²) in [6.07, 6.45) is -4.02. The van der Waals surface area contributed by atoms with Crippen LogP contribution in [-0.2, 0) is 9.59 Å². The molecule has 0 radical (unpaired) electrons. The van der Waals surface area contributed by atoms with Crippen molar-refractivity contribution in [3.05, 3.63) is 0 Å². The molecule has 0 bridgehead atoms. The van der Waals surface area contributed by atoms with Crippen LogP contribution in [0.25, 0.3) is 0 Å². The first-order valence-corrected chi connectivity index (χ1v) is 5.11. The Bertz CT molecular complexity index is 256. The first-order valence-electron chi connectivity index (χ1n) is 5.11. The van der Waals surface area contributed by atoms with E-state index in [2.05, 4.69) is 0 Å². The van der Waals surface area contributed by atoms with Crippen molar-refractivity contribution in [1.29, 1.82) is 0 Å². The number of aliphatic carboxylic acids is 1. The smallest absolute Gasteiger partial charge is 0.335 e. The van der Waals surface area contributed by atoms with Gasteiger partial charge in [0.05, 0.1) is 0 Å². The van der Waals surface area contributed by atoms with Crippen LogP contribution >= 0.6 is 0 Å². The van der Waals surface area contributed by atoms with E-state index in [4.69, 9.17) is 10.2 Å². The second-order valence-electron chi connectivity index (χ2n) is 4.16. The van der Waals surface area contributed by atoms with E-state index >= 15 is 0 Å². The Balaban J connectivity index is 4.81. The Labute approximate surface area is 94.5 Å². The highest BCUT2D eigenvalue weighted by atomic mass is 16.4. The molecule has 0 rings (SSSR count). The molecule has 2 atom stereocenters. The van der Waals surface area contributed by atoms with E-state index < -0.39 is 24.1 Å². The lowest BCUT2D eigenvalue weighted by molar-refractivity contribution is -0.164. The average molecular weight is 233 g/mol. The summed E-state index contributed by atoms with van der Waals surface area (Å²) < 4.78 is 0. The van der Waals surface area contributed by atoms with E-state index in [0.29, 0.717) is 0 Å². The van der Waals surface area contributed by atoms with Gasteiger partial charge in [-0.25, -0.2) is 4.79 Å². The minimum absolute atomic E-state index is 0.178. The summed E-state index contributed by atoms with van der Waals surface area (Å²) in [5.41, 5.74) is 0. The van der Waals surface area contributed by atoms with Crippen LogP contribution in [0.4, 0.5) is 0 Å². The second-order valence-corrected chi connectivity index (χ2v) is 4.16. The molecule has 0 aliphatic rings. The molecule has 3 N–H and O–H groups in total. The molecule has 0 aliphatic carbocycles. The Morgan fingerprint density at radius 1 is 0.938 bits per heavy atom. The number of nitrogens with zero attached hydrogens (tertiary/aromatic N) is 1.